The molecule has 0 atom stereocenters. The van der Waals surface area contributed by atoms with Crippen LogP contribution in [0, 0.1) is 5.82 Å². The smallest absolute Gasteiger partial charge is 0.241 e. The summed E-state index contributed by atoms with van der Waals surface area (Å²) >= 11 is 0. The van der Waals surface area contributed by atoms with Crippen molar-refractivity contribution in [2.24, 2.45) is 0 Å². The molecule has 5 rings (SSSR count). The van der Waals surface area contributed by atoms with Crippen LogP contribution in [0.5, 0.6) is 5.88 Å². The summed E-state index contributed by atoms with van der Waals surface area (Å²) in [5, 5.41) is 3.79. The van der Waals surface area contributed by atoms with Crippen LogP contribution in [0.3, 0.4) is 0 Å². The first-order valence-electron chi connectivity index (χ1n) is 13.4. The molecule has 0 saturated carbocycles. The van der Waals surface area contributed by atoms with Crippen molar-refractivity contribution in [1.29, 1.82) is 0 Å². The Morgan fingerprint density at radius 3 is 2.59 bits per heavy atom. The molecule has 3 aromatic rings. The summed E-state index contributed by atoms with van der Waals surface area (Å²) in [5.74, 6) is -0.698. The molecule has 1 fully saturated rings. The molecule has 1 aromatic carbocycles. The lowest BCUT2D eigenvalue weighted by Gasteiger charge is -2.47. The van der Waals surface area contributed by atoms with Crippen LogP contribution in [0.1, 0.15) is 32.8 Å². The Morgan fingerprint density at radius 2 is 1.93 bits per heavy atom. The van der Waals surface area contributed by atoms with Crippen LogP contribution in [-0.2, 0) is 25.0 Å². The minimum absolute atomic E-state index is 0.0381. The van der Waals surface area contributed by atoms with Gasteiger partial charge in [0.25, 0.3) is 0 Å². The van der Waals surface area contributed by atoms with Crippen LogP contribution < -0.4 is 19.7 Å². The van der Waals surface area contributed by atoms with Crippen LogP contribution in [0.25, 0.3) is 22.0 Å². The van der Waals surface area contributed by atoms with Gasteiger partial charge in [-0.05, 0) is 12.1 Å². The molecule has 41 heavy (non-hydrogen) atoms. The number of rotatable bonds is 9. The summed E-state index contributed by atoms with van der Waals surface area (Å²) in [6.07, 6.45) is 4.32. The van der Waals surface area contributed by atoms with Crippen molar-refractivity contribution in [2.45, 2.75) is 38.6 Å². The number of pyridine rings is 2. The number of nitrogens with zero attached hydrogens (tertiary/aromatic N) is 4. The van der Waals surface area contributed by atoms with Crippen LogP contribution >= 0.6 is 0 Å². The molecule has 2 aromatic heterocycles. The fourth-order valence-corrected chi connectivity index (χ4v) is 6.05. The van der Waals surface area contributed by atoms with Gasteiger partial charge in [-0.15, -0.1) is 0 Å². The van der Waals surface area contributed by atoms with Crippen molar-refractivity contribution >= 4 is 44.1 Å². The van der Waals surface area contributed by atoms with E-state index in [0.29, 0.717) is 40.7 Å². The molecule has 4 heterocycles. The fourth-order valence-electron chi connectivity index (χ4n) is 5.50. The van der Waals surface area contributed by atoms with Crippen molar-refractivity contribution < 1.29 is 27.1 Å². The van der Waals surface area contributed by atoms with Gasteiger partial charge >= 0.3 is 0 Å². The zero-order chi connectivity index (χ0) is 29.7. The second-order valence-electron chi connectivity index (χ2n) is 10.8. The molecule has 2 N–H and O–H groups in total. The number of ether oxygens (including phenoxy) is 1. The van der Waals surface area contributed by atoms with Crippen molar-refractivity contribution in [3.63, 3.8) is 0 Å². The predicted octanol–water partition coefficient (Wildman–Crippen LogP) is 2.65. The SMILES string of the molecule is CCC(=O)N1CC2(C1)C(=O)N(C)c1cnc3cc(F)c(-c4cnc(OCCNC(C)C)c(NS(C)(=O)=O)c4)cc3c12. The number of aromatic nitrogens is 2. The molecule has 2 amide bonds. The normalized spacial score (nSPS) is 15.9. The van der Waals surface area contributed by atoms with Gasteiger partial charge in [-0.3, -0.25) is 19.3 Å². The van der Waals surface area contributed by atoms with E-state index < -0.39 is 21.3 Å². The van der Waals surface area contributed by atoms with Gasteiger partial charge in [0, 0.05) is 73.5 Å². The summed E-state index contributed by atoms with van der Waals surface area (Å²) < 4.78 is 47.9. The number of carbonyl (C=O) groups excluding carboxylic acids is 2. The van der Waals surface area contributed by atoms with E-state index in [1.807, 2.05) is 13.8 Å². The van der Waals surface area contributed by atoms with Gasteiger partial charge in [-0.1, -0.05) is 20.8 Å². The monoisotopic (exact) mass is 584 g/mol. The minimum Gasteiger partial charge on any atom is -0.475 e. The summed E-state index contributed by atoms with van der Waals surface area (Å²) in [7, 11) is -2.03. The number of nitrogens with one attached hydrogen (secondary N) is 2. The number of amides is 2. The third-order valence-electron chi connectivity index (χ3n) is 7.42. The Kier molecular flexibility index (Phi) is 7.36. The van der Waals surface area contributed by atoms with Gasteiger partial charge in [0.05, 0.1) is 23.7 Å². The maximum Gasteiger partial charge on any atom is 0.241 e. The molecule has 0 aliphatic carbocycles. The number of halogens is 1. The number of carbonyl (C=O) groups is 2. The highest BCUT2D eigenvalue weighted by Gasteiger charge is 2.59. The lowest BCUT2D eigenvalue weighted by atomic mass is 9.73. The number of anilines is 2. The molecule has 2 aliphatic heterocycles. The molecule has 1 saturated heterocycles. The molecule has 0 bridgehead atoms. The van der Waals surface area contributed by atoms with Crippen molar-refractivity contribution in [1.82, 2.24) is 20.2 Å². The van der Waals surface area contributed by atoms with E-state index in [2.05, 4.69) is 20.0 Å². The quantitative estimate of drug-likeness (QED) is 0.367. The molecular formula is C28H33FN6O5S. The van der Waals surface area contributed by atoms with E-state index in [0.717, 1.165) is 6.26 Å². The minimum atomic E-state index is -3.70. The molecule has 0 unspecified atom stereocenters. The highest BCUT2D eigenvalue weighted by molar-refractivity contribution is 7.92. The van der Waals surface area contributed by atoms with E-state index in [4.69, 9.17) is 4.74 Å². The molecule has 11 nitrogen and oxygen atoms in total. The molecule has 2 aliphatic rings. The average Bonchev–Trinajstić information content (AvgIpc) is 3.11. The number of likely N-dealkylation sites (N-methyl/N-ethyl adjacent to an activating group) is 1. The van der Waals surface area contributed by atoms with E-state index in [1.165, 1.54) is 23.2 Å². The van der Waals surface area contributed by atoms with E-state index >= 15 is 4.39 Å². The van der Waals surface area contributed by atoms with Gasteiger partial charge < -0.3 is 19.9 Å². The fraction of sp³-hybridized carbons (Fsp3) is 0.429. The third-order valence-corrected chi connectivity index (χ3v) is 8.01. The highest BCUT2D eigenvalue weighted by atomic mass is 32.2. The lowest BCUT2D eigenvalue weighted by molar-refractivity contribution is -0.143. The van der Waals surface area contributed by atoms with Gasteiger partial charge in [-0.2, -0.15) is 0 Å². The van der Waals surface area contributed by atoms with E-state index in [-0.39, 0.29) is 54.7 Å². The Morgan fingerprint density at radius 1 is 1.20 bits per heavy atom. The standard InChI is InChI=1S/C28H33FN6O5S/c1-6-24(36)35-14-28(15-35)25-19-10-18(20(29)11-21(19)31-13-23(25)34(4)27(28)37)17-9-22(33-41(5,38)39)26(32-12-17)40-8-7-30-16(2)3/h9-13,16,30,33H,6-8,14-15H2,1-5H3. The maximum atomic E-state index is 15.5. The number of likely N-dealkylation sites (tertiary alicyclic amines) is 1. The van der Waals surface area contributed by atoms with Gasteiger partial charge in [0.2, 0.25) is 27.7 Å². The summed E-state index contributed by atoms with van der Waals surface area (Å²) in [5.41, 5.74) is 1.29. The Labute approximate surface area is 238 Å². The topological polar surface area (TPSA) is 134 Å². The lowest BCUT2D eigenvalue weighted by Crippen LogP contribution is -2.65. The summed E-state index contributed by atoms with van der Waals surface area (Å²) in [6, 6.07) is 4.63. The van der Waals surface area contributed by atoms with Crippen molar-refractivity contribution in [3.05, 3.63) is 42.0 Å². The second-order valence-corrected chi connectivity index (χ2v) is 12.6. The zero-order valence-corrected chi connectivity index (χ0v) is 24.4. The van der Waals surface area contributed by atoms with Gasteiger partial charge in [0.15, 0.2) is 0 Å². The van der Waals surface area contributed by atoms with Gasteiger partial charge in [-0.25, -0.2) is 17.8 Å². The maximum absolute atomic E-state index is 15.5. The Hall–Kier alpha value is -3.84. The molecule has 0 radical (unpaired) electrons. The molecular weight excluding hydrogens is 551 g/mol. The summed E-state index contributed by atoms with van der Waals surface area (Å²) in [4.78, 5) is 37.7. The summed E-state index contributed by atoms with van der Waals surface area (Å²) in [6.45, 7) is 7.01. The molecule has 13 heteroatoms. The first kappa shape index (κ1) is 28.7. The predicted molar refractivity (Wildman–Crippen MR) is 154 cm³/mol. The number of hydrogen-bond donors (Lipinski definition) is 2. The van der Waals surface area contributed by atoms with Crippen LogP contribution in [0.2, 0.25) is 0 Å². The number of fused-ring (bicyclic) bond motifs is 4. The number of sulfonamides is 1. The highest BCUT2D eigenvalue weighted by Crippen LogP contribution is 2.50. The van der Waals surface area contributed by atoms with Crippen LogP contribution in [0.15, 0.2) is 30.6 Å². The Balaban J connectivity index is 1.58. The van der Waals surface area contributed by atoms with E-state index in [1.54, 1.807) is 31.1 Å². The zero-order valence-electron chi connectivity index (χ0n) is 23.6. The number of hydrogen-bond acceptors (Lipinski definition) is 8. The van der Waals surface area contributed by atoms with Crippen LogP contribution in [-0.4, -0.2) is 80.7 Å². The first-order valence-corrected chi connectivity index (χ1v) is 15.3. The van der Waals surface area contributed by atoms with Crippen molar-refractivity contribution in [3.8, 4) is 17.0 Å². The van der Waals surface area contributed by atoms with Crippen molar-refractivity contribution in [2.75, 3.05) is 49.2 Å². The first-order chi connectivity index (χ1) is 19.3. The molecule has 218 valence electrons. The average molecular weight is 585 g/mol. The van der Waals surface area contributed by atoms with Gasteiger partial charge in [0.1, 0.15) is 23.5 Å². The Bertz CT molecular complexity index is 1660. The largest absolute Gasteiger partial charge is 0.475 e. The molecule has 1 spiro atoms. The number of benzene rings is 1. The van der Waals surface area contributed by atoms with Crippen LogP contribution in [0.4, 0.5) is 15.8 Å². The third kappa shape index (κ3) is 5.19. The second kappa shape index (κ2) is 10.5. The van der Waals surface area contributed by atoms with E-state index in [9.17, 15) is 18.0 Å².